The van der Waals surface area contributed by atoms with Crippen LogP contribution in [0.4, 0.5) is 26.3 Å². The molecule has 0 N–H and O–H groups in total. The lowest BCUT2D eigenvalue weighted by atomic mass is 10.3. The molecular formula is C4F6N2S. The van der Waals surface area contributed by atoms with Crippen LogP contribution in [0.1, 0.15) is 11.4 Å². The SMILES string of the molecule is FC(F)(F)c1nsnc1C(F)(F)F. The number of alkyl halides is 6. The molecule has 0 aliphatic rings. The lowest BCUT2D eigenvalue weighted by molar-refractivity contribution is -0.165. The van der Waals surface area contributed by atoms with Crippen LogP contribution >= 0.6 is 11.7 Å². The van der Waals surface area contributed by atoms with Crippen LogP contribution in [0.25, 0.3) is 0 Å². The van der Waals surface area contributed by atoms with Crippen LogP contribution < -0.4 is 0 Å². The fourth-order valence-electron chi connectivity index (χ4n) is 0.561. The minimum atomic E-state index is -5.11. The number of rotatable bonds is 0. The maximum absolute atomic E-state index is 11.8. The highest BCUT2D eigenvalue weighted by molar-refractivity contribution is 6.99. The van der Waals surface area contributed by atoms with Gasteiger partial charge in [0.15, 0.2) is 11.4 Å². The second kappa shape index (κ2) is 2.82. The zero-order chi connectivity index (χ0) is 10.3. The smallest absolute Gasteiger partial charge is 0.168 e. The van der Waals surface area contributed by atoms with E-state index in [1.807, 2.05) is 0 Å². The Morgan fingerprint density at radius 3 is 1.31 bits per heavy atom. The first-order valence-corrected chi connectivity index (χ1v) is 3.43. The topological polar surface area (TPSA) is 25.8 Å². The van der Waals surface area contributed by atoms with E-state index in [2.05, 4.69) is 8.75 Å². The van der Waals surface area contributed by atoms with Gasteiger partial charge in [-0.15, -0.1) is 0 Å². The van der Waals surface area contributed by atoms with Crippen LogP contribution in [0.15, 0.2) is 0 Å². The highest BCUT2D eigenvalue weighted by atomic mass is 32.1. The van der Waals surface area contributed by atoms with E-state index in [9.17, 15) is 26.3 Å². The standard InChI is InChI=1S/C4F6N2S/c5-3(6,7)1-2(4(8,9)10)12-13-11-1. The van der Waals surface area contributed by atoms with Crippen LogP contribution in [0.5, 0.6) is 0 Å². The van der Waals surface area contributed by atoms with Gasteiger partial charge in [0, 0.05) is 0 Å². The van der Waals surface area contributed by atoms with Crippen molar-refractivity contribution >= 4 is 11.7 Å². The van der Waals surface area contributed by atoms with Crippen molar-refractivity contribution in [1.82, 2.24) is 8.75 Å². The summed E-state index contributed by atoms with van der Waals surface area (Å²) in [6.45, 7) is 0. The monoisotopic (exact) mass is 222 g/mol. The zero-order valence-electron chi connectivity index (χ0n) is 5.57. The Bertz CT molecular complexity index is 270. The summed E-state index contributed by atoms with van der Waals surface area (Å²) >= 11 is -0.120. The summed E-state index contributed by atoms with van der Waals surface area (Å²) in [4.78, 5) is 0. The van der Waals surface area contributed by atoms with Gasteiger partial charge < -0.3 is 0 Å². The minimum absolute atomic E-state index is 0.120. The van der Waals surface area contributed by atoms with Crippen molar-refractivity contribution in [1.29, 1.82) is 0 Å². The Morgan fingerprint density at radius 2 is 1.08 bits per heavy atom. The van der Waals surface area contributed by atoms with Crippen molar-refractivity contribution in [3.05, 3.63) is 11.4 Å². The number of hydrogen-bond acceptors (Lipinski definition) is 3. The first-order valence-electron chi connectivity index (χ1n) is 2.70. The lowest BCUT2D eigenvalue weighted by Gasteiger charge is -2.06. The van der Waals surface area contributed by atoms with Crippen LogP contribution in [-0.4, -0.2) is 8.75 Å². The molecule has 13 heavy (non-hydrogen) atoms. The molecule has 0 spiro atoms. The van der Waals surface area contributed by atoms with E-state index < -0.39 is 23.7 Å². The molecule has 1 heterocycles. The molecule has 0 bridgehead atoms. The van der Waals surface area contributed by atoms with Crippen molar-refractivity contribution in [3.8, 4) is 0 Å². The summed E-state index contributed by atoms with van der Waals surface area (Å²) in [5.41, 5.74) is -3.96. The van der Waals surface area contributed by atoms with Gasteiger partial charge in [0.2, 0.25) is 0 Å². The minimum Gasteiger partial charge on any atom is -0.168 e. The van der Waals surface area contributed by atoms with Crippen molar-refractivity contribution < 1.29 is 26.3 Å². The van der Waals surface area contributed by atoms with Gasteiger partial charge >= 0.3 is 12.4 Å². The number of halogens is 6. The molecule has 0 radical (unpaired) electrons. The maximum Gasteiger partial charge on any atom is 0.436 e. The predicted octanol–water partition coefficient (Wildman–Crippen LogP) is 2.58. The fourth-order valence-corrected chi connectivity index (χ4v) is 1.14. The average molecular weight is 222 g/mol. The summed E-state index contributed by atoms with van der Waals surface area (Å²) in [7, 11) is 0. The van der Waals surface area contributed by atoms with Crippen LogP contribution in [0, 0.1) is 0 Å². The second-order valence-electron chi connectivity index (χ2n) is 1.96. The van der Waals surface area contributed by atoms with Gasteiger partial charge in [-0.1, -0.05) is 0 Å². The normalized spacial score (nSPS) is 13.4. The molecule has 0 aromatic carbocycles. The van der Waals surface area contributed by atoms with E-state index in [-0.39, 0.29) is 11.7 Å². The molecule has 0 amide bonds. The van der Waals surface area contributed by atoms with E-state index in [1.165, 1.54) is 0 Å². The first kappa shape index (κ1) is 10.2. The van der Waals surface area contributed by atoms with Crippen molar-refractivity contribution in [2.24, 2.45) is 0 Å². The van der Waals surface area contributed by atoms with Crippen molar-refractivity contribution in [3.63, 3.8) is 0 Å². The number of nitrogens with zero attached hydrogens (tertiary/aromatic N) is 2. The molecule has 0 atom stereocenters. The molecule has 0 aliphatic carbocycles. The molecule has 2 nitrogen and oxygen atoms in total. The highest BCUT2D eigenvalue weighted by Gasteiger charge is 2.47. The number of aromatic nitrogens is 2. The summed E-state index contributed by atoms with van der Waals surface area (Å²) in [5.74, 6) is 0. The summed E-state index contributed by atoms with van der Waals surface area (Å²) < 4.78 is 76.0. The van der Waals surface area contributed by atoms with Gasteiger partial charge in [-0.2, -0.15) is 35.1 Å². The molecule has 0 saturated carbocycles. The average Bonchev–Trinajstić information content (AvgIpc) is 2.27. The molecule has 9 heteroatoms. The second-order valence-corrected chi connectivity index (χ2v) is 2.49. The van der Waals surface area contributed by atoms with Gasteiger partial charge in [-0.3, -0.25) is 0 Å². The first-order chi connectivity index (χ1) is 5.73. The van der Waals surface area contributed by atoms with Gasteiger partial charge in [0.1, 0.15) is 0 Å². The Balaban J connectivity index is 3.19. The summed E-state index contributed by atoms with van der Waals surface area (Å²) in [5, 5.41) is 0. The third kappa shape index (κ3) is 2.08. The van der Waals surface area contributed by atoms with Gasteiger partial charge in [-0.05, 0) is 0 Å². The van der Waals surface area contributed by atoms with Gasteiger partial charge in [0.25, 0.3) is 0 Å². The van der Waals surface area contributed by atoms with E-state index in [1.54, 1.807) is 0 Å². The molecular weight excluding hydrogens is 222 g/mol. The third-order valence-electron chi connectivity index (χ3n) is 1.03. The predicted molar refractivity (Wildman–Crippen MR) is 29.9 cm³/mol. The van der Waals surface area contributed by atoms with E-state index >= 15 is 0 Å². The molecule has 0 unspecified atom stereocenters. The van der Waals surface area contributed by atoms with E-state index in [4.69, 9.17) is 0 Å². The van der Waals surface area contributed by atoms with Crippen LogP contribution in [0.2, 0.25) is 0 Å². The molecule has 0 saturated heterocycles. The quantitative estimate of drug-likeness (QED) is 0.630. The zero-order valence-corrected chi connectivity index (χ0v) is 6.39. The maximum atomic E-state index is 11.8. The highest BCUT2D eigenvalue weighted by Crippen LogP contribution is 2.38. The Morgan fingerprint density at radius 1 is 0.769 bits per heavy atom. The Kier molecular flexibility index (Phi) is 2.22. The lowest BCUT2D eigenvalue weighted by Crippen LogP contribution is -2.16. The summed E-state index contributed by atoms with van der Waals surface area (Å²) in [6.07, 6.45) is -10.2. The third-order valence-corrected chi connectivity index (χ3v) is 1.55. The van der Waals surface area contributed by atoms with Crippen molar-refractivity contribution in [2.45, 2.75) is 12.4 Å². The Hall–Kier alpha value is -0.860. The fraction of sp³-hybridized carbons (Fsp3) is 0.500. The van der Waals surface area contributed by atoms with Gasteiger partial charge in [0.05, 0.1) is 11.7 Å². The van der Waals surface area contributed by atoms with E-state index in [0.717, 1.165) is 0 Å². The van der Waals surface area contributed by atoms with Crippen LogP contribution in [-0.2, 0) is 12.4 Å². The molecule has 1 aromatic rings. The van der Waals surface area contributed by atoms with Crippen molar-refractivity contribution in [2.75, 3.05) is 0 Å². The van der Waals surface area contributed by atoms with E-state index in [0.29, 0.717) is 0 Å². The summed E-state index contributed by atoms with van der Waals surface area (Å²) in [6, 6.07) is 0. The number of hydrogen-bond donors (Lipinski definition) is 0. The van der Waals surface area contributed by atoms with Gasteiger partial charge in [-0.25, -0.2) is 0 Å². The molecule has 0 aliphatic heterocycles. The molecule has 1 aromatic heterocycles. The Labute approximate surface area is 71.5 Å². The largest absolute Gasteiger partial charge is 0.436 e. The molecule has 1 rings (SSSR count). The van der Waals surface area contributed by atoms with Crippen LogP contribution in [0.3, 0.4) is 0 Å². The molecule has 0 fully saturated rings. The molecule has 74 valence electrons.